The molecule has 0 unspecified atom stereocenters. The van der Waals surface area contributed by atoms with Crippen LogP contribution in [0.2, 0.25) is 0 Å². The molecule has 1 aromatic heterocycles. The molecule has 1 aromatic rings. The van der Waals surface area contributed by atoms with Crippen molar-refractivity contribution in [2.24, 2.45) is 0 Å². The maximum absolute atomic E-state index is 12.2. The minimum absolute atomic E-state index is 0.102. The van der Waals surface area contributed by atoms with E-state index >= 15 is 0 Å². The van der Waals surface area contributed by atoms with Crippen molar-refractivity contribution in [3.05, 3.63) is 30.1 Å². The third-order valence-corrected chi connectivity index (χ3v) is 3.33. The summed E-state index contributed by atoms with van der Waals surface area (Å²) in [6, 6.07) is 3.64. The van der Waals surface area contributed by atoms with Gasteiger partial charge in [0.2, 0.25) is 0 Å². The Morgan fingerprint density at radius 1 is 1.52 bits per heavy atom. The number of aromatic nitrogens is 1. The summed E-state index contributed by atoms with van der Waals surface area (Å²) in [5.41, 5.74) is 0.391. The van der Waals surface area contributed by atoms with E-state index in [2.05, 4.69) is 4.98 Å². The topological polar surface area (TPSA) is 83.0 Å². The molecule has 1 fully saturated rings. The first-order valence-corrected chi connectivity index (χ1v) is 6.64. The molecule has 0 atom stereocenters. The van der Waals surface area contributed by atoms with E-state index in [1.165, 1.54) is 0 Å². The molecule has 1 aliphatic heterocycles. The zero-order chi connectivity index (χ0) is 15.5. The lowest BCUT2D eigenvalue weighted by Crippen LogP contribution is -2.65. The van der Waals surface area contributed by atoms with Crippen molar-refractivity contribution < 1.29 is 19.4 Å². The SMILES string of the molecule is CN(Cc1cccnc1)C(=O)N1CC(C)(OCC(=O)O)C1. The Morgan fingerprint density at radius 3 is 2.81 bits per heavy atom. The van der Waals surface area contributed by atoms with Gasteiger partial charge in [-0.2, -0.15) is 0 Å². The first-order chi connectivity index (χ1) is 9.89. The average molecular weight is 293 g/mol. The van der Waals surface area contributed by atoms with Gasteiger partial charge in [-0.1, -0.05) is 6.07 Å². The van der Waals surface area contributed by atoms with Gasteiger partial charge in [-0.25, -0.2) is 9.59 Å². The first-order valence-electron chi connectivity index (χ1n) is 6.64. The second-order valence-electron chi connectivity index (χ2n) is 5.49. The monoisotopic (exact) mass is 293 g/mol. The van der Waals surface area contributed by atoms with E-state index in [0.29, 0.717) is 19.6 Å². The van der Waals surface area contributed by atoms with Crippen molar-refractivity contribution in [1.29, 1.82) is 0 Å². The highest BCUT2D eigenvalue weighted by Crippen LogP contribution is 2.25. The molecule has 0 saturated carbocycles. The number of likely N-dealkylation sites (tertiary alicyclic amines) is 1. The van der Waals surface area contributed by atoms with Crippen LogP contribution >= 0.6 is 0 Å². The fraction of sp³-hybridized carbons (Fsp3) is 0.500. The highest BCUT2D eigenvalue weighted by molar-refractivity contribution is 5.75. The van der Waals surface area contributed by atoms with Gasteiger partial charge in [0.15, 0.2) is 0 Å². The van der Waals surface area contributed by atoms with E-state index in [1.807, 2.05) is 12.1 Å². The third-order valence-electron chi connectivity index (χ3n) is 3.33. The zero-order valence-electron chi connectivity index (χ0n) is 12.2. The molecular formula is C14H19N3O4. The summed E-state index contributed by atoms with van der Waals surface area (Å²) < 4.78 is 5.28. The molecule has 21 heavy (non-hydrogen) atoms. The molecule has 1 saturated heterocycles. The Labute approximate surface area is 123 Å². The molecule has 2 rings (SSSR count). The van der Waals surface area contributed by atoms with Crippen molar-refractivity contribution in [2.75, 3.05) is 26.7 Å². The number of hydrogen-bond acceptors (Lipinski definition) is 4. The molecule has 0 spiro atoms. The number of urea groups is 1. The number of hydrogen-bond donors (Lipinski definition) is 1. The predicted molar refractivity (Wildman–Crippen MR) is 74.7 cm³/mol. The zero-order valence-corrected chi connectivity index (χ0v) is 12.2. The number of carboxylic acids is 1. The number of carboxylic acid groups (broad SMARTS) is 1. The van der Waals surface area contributed by atoms with Crippen LogP contribution in [0.1, 0.15) is 12.5 Å². The van der Waals surface area contributed by atoms with Crippen molar-refractivity contribution in [1.82, 2.24) is 14.8 Å². The van der Waals surface area contributed by atoms with Gasteiger partial charge in [0, 0.05) is 26.0 Å². The van der Waals surface area contributed by atoms with E-state index < -0.39 is 11.6 Å². The Balaban J connectivity index is 1.81. The van der Waals surface area contributed by atoms with Crippen molar-refractivity contribution >= 4 is 12.0 Å². The Morgan fingerprint density at radius 2 is 2.24 bits per heavy atom. The second-order valence-corrected chi connectivity index (χ2v) is 5.49. The minimum Gasteiger partial charge on any atom is -0.480 e. The summed E-state index contributed by atoms with van der Waals surface area (Å²) in [5.74, 6) is -1.00. The molecule has 1 aliphatic rings. The van der Waals surface area contributed by atoms with Crippen molar-refractivity contribution in [3.63, 3.8) is 0 Å². The number of amides is 2. The molecule has 0 radical (unpaired) electrons. The van der Waals surface area contributed by atoms with E-state index in [9.17, 15) is 9.59 Å². The number of rotatable bonds is 5. The fourth-order valence-corrected chi connectivity index (χ4v) is 2.30. The van der Waals surface area contributed by atoms with Crippen LogP contribution in [-0.2, 0) is 16.1 Å². The first kappa shape index (κ1) is 15.2. The number of nitrogens with zero attached hydrogens (tertiary/aromatic N) is 3. The second kappa shape index (κ2) is 6.09. The fourth-order valence-electron chi connectivity index (χ4n) is 2.30. The van der Waals surface area contributed by atoms with Crippen LogP contribution in [0.3, 0.4) is 0 Å². The molecule has 2 amide bonds. The highest BCUT2D eigenvalue weighted by Gasteiger charge is 2.43. The van der Waals surface area contributed by atoms with Crippen molar-refractivity contribution in [3.8, 4) is 0 Å². The van der Waals surface area contributed by atoms with Gasteiger partial charge in [0.25, 0.3) is 0 Å². The summed E-state index contributed by atoms with van der Waals surface area (Å²) in [6.07, 6.45) is 3.41. The maximum Gasteiger partial charge on any atom is 0.329 e. The third kappa shape index (κ3) is 3.91. The van der Waals surface area contributed by atoms with E-state index in [1.54, 1.807) is 36.2 Å². The summed E-state index contributed by atoms with van der Waals surface area (Å²) in [6.45, 7) is 2.74. The Bertz CT molecular complexity index is 514. The van der Waals surface area contributed by atoms with Crippen LogP contribution < -0.4 is 0 Å². The number of ether oxygens (including phenoxy) is 1. The molecule has 2 heterocycles. The lowest BCUT2D eigenvalue weighted by Gasteiger charge is -2.48. The minimum atomic E-state index is -1.00. The van der Waals surface area contributed by atoms with Gasteiger partial charge in [0.1, 0.15) is 12.2 Å². The molecule has 7 nitrogen and oxygen atoms in total. The average Bonchev–Trinajstić information content (AvgIpc) is 2.42. The van der Waals surface area contributed by atoms with Gasteiger partial charge in [-0.05, 0) is 18.6 Å². The number of carbonyl (C=O) groups excluding carboxylic acids is 1. The van der Waals surface area contributed by atoms with Crippen molar-refractivity contribution in [2.45, 2.75) is 19.1 Å². The largest absolute Gasteiger partial charge is 0.480 e. The predicted octanol–water partition coefficient (Wildman–Crippen LogP) is 0.809. The van der Waals surface area contributed by atoms with E-state index in [0.717, 1.165) is 5.56 Å². The Kier molecular flexibility index (Phi) is 4.42. The smallest absolute Gasteiger partial charge is 0.329 e. The van der Waals surface area contributed by atoms with Crippen LogP contribution in [0, 0.1) is 0 Å². The van der Waals surface area contributed by atoms with Gasteiger partial charge in [0.05, 0.1) is 13.1 Å². The number of aliphatic carboxylic acids is 1. The van der Waals surface area contributed by atoms with Crippen LogP contribution in [0.25, 0.3) is 0 Å². The van der Waals surface area contributed by atoms with Gasteiger partial charge < -0.3 is 19.6 Å². The summed E-state index contributed by atoms with van der Waals surface area (Å²) >= 11 is 0. The lowest BCUT2D eigenvalue weighted by molar-refractivity contribution is -0.160. The number of pyridine rings is 1. The molecule has 0 bridgehead atoms. The summed E-state index contributed by atoms with van der Waals surface area (Å²) in [4.78, 5) is 30.0. The molecule has 114 valence electrons. The maximum atomic E-state index is 12.2. The summed E-state index contributed by atoms with van der Waals surface area (Å²) in [5, 5.41) is 8.60. The standard InChI is InChI=1S/C14H19N3O4/c1-14(21-8-12(18)19)9-17(10-14)13(20)16(2)7-11-4-3-5-15-6-11/h3-6H,7-10H2,1-2H3,(H,18,19). The Hall–Kier alpha value is -2.15. The highest BCUT2D eigenvalue weighted by atomic mass is 16.5. The molecule has 7 heteroatoms. The molecular weight excluding hydrogens is 274 g/mol. The molecule has 1 N–H and O–H groups in total. The van der Waals surface area contributed by atoms with Crippen LogP contribution in [0.4, 0.5) is 4.79 Å². The molecule has 0 aromatic carbocycles. The van der Waals surface area contributed by atoms with Gasteiger partial charge in [-0.15, -0.1) is 0 Å². The normalized spacial score (nSPS) is 16.2. The van der Waals surface area contributed by atoms with E-state index in [4.69, 9.17) is 9.84 Å². The van der Waals surface area contributed by atoms with Crippen LogP contribution in [-0.4, -0.2) is 64.2 Å². The quantitative estimate of drug-likeness (QED) is 0.868. The van der Waals surface area contributed by atoms with Crippen LogP contribution in [0.15, 0.2) is 24.5 Å². The van der Waals surface area contributed by atoms with Gasteiger partial charge >= 0.3 is 12.0 Å². The lowest BCUT2D eigenvalue weighted by atomic mass is 9.97. The number of carbonyl (C=O) groups is 2. The van der Waals surface area contributed by atoms with Crippen LogP contribution in [0.5, 0.6) is 0 Å². The van der Waals surface area contributed by atoms with E-state index in [-0.39, 0.29) is 12.6 Å². The molecule has 0 aliphatic carbocycles. The summed E-state index contributed by atoms with van der Waals surface area (Å²) in [7, 11) is 1.73. The van der Waals surface area contributed by atoms with Gasteiger partial charge in [-0.3, -0.25) is 4.98 Å².